The molecule has 8 nitrogen and oxygen atoms in total. The monoisotopic (exact) mass is 608 g/mol. The van der Waals surface area contributed by atoms with Gasteiger partial charge in [-0.2, -0.15) is 0 Å². The third-order valence-corrected chi connectivity index (χ3v) is 9.36. The number of nitrogens with zero attached hydrogens (tertiary/aromatic N) is 4. The Labute approximate surface area is 266 Å². The number of pyridine rings is 1. The van der Waals surface area contributed by atoms with Gasteiger partial charge in [0.25, 0.3) is 5.91 Å². The number of hydrogen-bond donors (Lipinski definition) is 0. The van der Waals surface area contributed by atoms with Gasteiger partial charge in [0.1, 0.15) is 0 Å². The topological polar surface area (TPSA) is 83.1 Å². The molecule has 5 aromatic rings. The molecule has 0 saturated carbocycles. The first-order chi connectivity index (χ1) is 22.5. The number of carbonyl (C=O) groups excluding carboxylic acids is 3. The van der Waals surface area contributed by atoms with Gasteiger partial charge in [0.2, 0.25) is 11.7 Å². The molecule has 8 rings (SSSR count). The zero-order chi connectivity index (χ0) is 31.4. The highest BCUT2D eigenvalue weighted by molar-refractivity contribution is 6.26. The van der Waals surface area contributed by atoms with Crippen LogP contribution < -0.4 is 4.90 Å². The number of ketones is 1. The molecule has 4 aromatic carbocycles. The van der Waals surface area contributed by atoms with Crippen molar-refractivity contribution in [1.29, 1.82) is 0 Å². The van der Waals surface area contributed by atoms with Crippen LogP contribution in [0.4, 0.5) is 5.69 Å². The lowest BCUT2D eigenvalue weighted by molar-refractivity contribution is -0.116. The van der Waals surface area contributed by atoms with Gasteiger partial charge in [-0.05, 0) is 64.4 Å². The normalized spacial score (nSPS) is 17.9. The average Bonchev–Trinajstić information content (AvgIpc) is 3.34. The third-order valence-electron chi connectivity index (χ3n) is 9.36. The summed E-state index contributed by atoms with van der Waals surface area (Å²) in [7, 11) is 0. The second-order valence-electron chi connectivity index (χ2n) is 12.1. The van der Waals surface area contributed by atoms with Gasteiger partial charge in [-0.15, -0.1) is 0 Å². The van der Waals surface area contributed by atoms with Crippen molar-refractivity contribution in [3.05, 3.63) is 114 Å². The van der Waals surface area contributed by atoms with Crippen LogP contribution in [0.5, 0.6) is 0 Å². The van der Waals surface area contributed by atoms with E-state index in [9.17, 15) is 14.4 Å². The Morgan fingerprint density at radius 1 is 0.804 bits per heavy atom. The van der Waals surface area contributed by atoms with Crippen molar-refractivity contribution in [2.45, 2.75) is 13.0 Å². The number of ether oxygens (including phenoxy) is 1. The van der Waals surface area contributed by atoms with E-state index in [0.29, 0.717) is 47.2 Å². The largest absolute Gasteiger partial charge is 0.378 e. The Bertz CT molecular complexity index is 2090. The summed E-state index contributed by atoms with van der Waals surface area (Å²) in [6.07, 6.45) is 1.70. The maximum atomic E-state index is 13.8. The lowest BCUT2D eigenvalue weighted by Gasteiger charge is -2.42. The summed E-state index contributed by atoms with van der Waals surface area (Å²) in [5.74, 6) is -0.456. The van der Waals surface area contributed by atoms with E-state index in [1.165, 1.54) is 11.8 Å². The zero-order valence-corrected chi connectivity index (χ0v) is 25.5. The first-order valence-corrected chi connectivity index (χ1v) is 15.7. The fourth-order valence-electron chi connectivity index (χ4n) is 6.88. The van der Waals surface area contributed by atoms with E-state index in [1.54, 1.807) is 24.3 Å². The fourth-order valence-corrected chi connectivity index (χ4v) is 6.88. The van der Waals surface area contributed by atoms with Crippen LogP contribution >= 0.6 is 0 Å². The van der Waals surface area contributed by atoms with Crippen molar-refractivity contribution in [3.8, 4) is 11.1 Å². The smallest absolute Gasteiger partial charge is 0.253 e. The SMILES string of the molecule is CC(=O)N1/C(=C/c2cc(-c3cccc4ccccc34)c3cc(C(=O)N4CCN(C5COC5)CC4)ccc3n2)C(=O)c2ccccc21. The van der Waals surface area contributed by atoms with Crippen molar-refractivity contribution >= 4 is 51.0 Å². The van der Waals surface area contributed by atoms with Crippen LogP contribution in [0.3, 0.4) is 0 Å². The van der Waals surface area contributed by atoms with Crippen LogP contribution in [0.25, 0.3) is 38.9 Å². The molecule has 0 spiro atoms. The summed E-state index contributed by atoms with van der Waals surface area (Å²) < 4.78 is 5.36. The Hall–Kier alpha value is -5.18. The summed E-state index contributed by atoms with van der Waals surface area (Å²) >= 11 is 0. The average molecular weight is 609 g/mol. The van der Waals surface area contributed by atoms with E-state index in [4.69, 9.17) is 9.72 Å². The number of allylic oxidation sites excluding steroid dienone is 1. The molecule has 2 fully saturated rings. The van der Waals surface area contributed by atoms with Crippen molar-refractivity contribution in [2.24, 2.45) is 0 Å². The molecule has 0 radical (unpaired) electrons. The number of piperazine rings is 1. The summed E-state index contributed by atoms with van der Waals surface area (Å²) in [5.41, 5.74) is 5.09. The minimum atomic E-state index is -0.246. The molecule has 0 aliphatic carbocycles. The molecule has 0 N–H and O–H groups in total. The number of aromatic nitrogens is 1. The Kier molecular flexibility index (Phi) is 6.96. The zero-order valence-electron chi connectivity index (χ0n) is 25.5. The molecule has 228 valence electrons. The molecule has 2 saturated heterocycles. The molecule has 4 heterocycles. The van der Waals surface area contributed by atoms with Gasteiger partial charge in [0.15, 0.2) is 0 Å². The second kappa shape index (κ2) is 11.3. The van der Waals surface area contributed by atoms with Crippen molar-refractivity contribution in [3.63, 3.8) is 0 Å². The van der Waals surface area contributed by atoms with Gasteiger partial charge in [-0.3, -0.25) is 24.2 Å². The summed E-state index contributed by atoms with van der Waals surface area (Å²) in [6, 6.07) is 29.6. The third kappa shape index (κ3) is 4.78. The van der Waals surface area contributed by atoms with E-state index in [-0.39, 0.29) is 23.3 Å². The molecule has 2 amide bonds. The van der Waals surface area contributed by atoms with E-state index in [2.05, 4.69) is 29.2 Å². The maximum Gasteiger partial charge on any atom is 0.253 e. The van der Waals surface area contributed by atoms with Crippen LogP contribution in [-0.2, 0) is 9.53 Å². The van der Waals surface area contributed by atoms with Crippen molar-refractivity contribution in [1.82, 2.24) is 14.8 Å². The molecule has 0 unspecified atom stereocenters. The van der Waals surface area contributed by atoms with E-state index >= 15 is 0 Å². The predicted octanol–water partition coefficient (Wildman–Crippen LogP) is 5.80. The molecule has 8 heteroatoms. The van der Waals surface area contributed by atoms with Crippen LogP contribution in [-0.4, -0.2) is 77.8 Å². The lowest BCUT2D eigenvalue weighted by Crippen LogP contribution is -2.57. The van der Waals surface area contributed by atoms with E-state index in [1.807, 2.05) is 53.4 Å². The Morgan fingerprint density at radius 3 is 2.33 bits per heavy atom. The maximum absolute atomic E-state index is 13.8. The molecule has 3 aliphatic heterocycles. The second-order valence-corrected chi connectivity index (χ2v) is 12.1. The van der Waals surface area contributed by atoms with Crippen molar-refractivity contribution in [2.75, 3.05) is 44.3 Å². The van der Waals surface area contributed by atoms with Crippen LogP contribution in [0.15, 0.2) is 96.7 Å². The van der Waals surface area contributed by atoms with Gasteiger partial charge in [-0.25, -0.2) is 4.98 Å². The molecular formula is C38H32N4O4. The summed E-state index contributed by atoms with van der Waals surface area (Å²) in [6.45, 7) is 6.04. The first-order valence-electron chi connectivity index (χ1n) is 15.7. The van der Waals surface area contributed by atoms with Crippen LogP contribution in [0.1, 0.15) is 33.3 Å². The number of rotatable bonds is 4. The fraction of sp³-hybridized carbons (Fsp3) is 0.211. The number of amides is 2. The predicted molar refractivity (Wildman–Crippen MR) is 179 cm³/mol. The van der Waals surface area contributed by atoms with Crippen LogP contribution in [0, 0.1) is 0 Å². The molecule has 0 atom stereocenters. The number of carbonyl (C=O) groups is 3. The first kappa shape index (κ1) is 28.3. The summed E-state index contributed by atoms with van der Waals surface area (Å²) in [4.78, 5) is 50.8. The highest BCUT2D eigenvalue weighted by atomic mass is 16.5. The van der Waals surface area contributed by atoms with Gasteiger partial charge >= 0.3 is 0 Å². The van der Waals surface area contributed by atoms with Gasteiger partial charge in [0, 0.05) is 49.6 Å². The standard InChI is InChI=1S/C38H32N4O4/c1-24(43)42-35-12-5-4-10-31(35)37(44)36(42)21-27-20-32(30-11-6-8-25-7-2-3-9-29(25)30)33-19-26(13-14-34(33)39-27)38(45)41-17-15-40(16-18-41)28-22-46-23-28/h2-14,19-21,28H,15-18,22-23H2,1H3/b36-21+. The number of hydrogen-bond acceptors (Lipinski definition) is 6. The summed E-state index contributed by atoms with van der Waals surface area (Å²) in [5, 5.41) is 3.01. The number of benzene rings is 4. The Balaban J connectivity index is 1.24. The number of fused-ring (bicyclic) bond motifs is 3. The highest BCUT2D eigenvalue weighted by Crippen LogP contribution is 2.38. The van der Waals surface area contributed by atoms with Gasteiger partial charge in [0.05, 0.1) is 41.9 Å². The molecule has 3 aliphatic rings. The number of Topliss-reactive ketones (excluding diaryl/α,β-unsaturated/α-hetero) is 1. The van der Waals surface area contributed by atoms with Gasteiger partial charge < -0.3 is 9.64 Å². The number of anilines is 1. The lowest BCUT2D eigenvalue weighted by atomic mass is 9.94. The highest BCUT2D eigenvalue weighted by Gasteiger charge is 2.35. The van der Waals surface area contributed by atoms with E-state index < -0.39 is 0 Å². The van der Waals surface area contributed by atoms with Crippen LogP contribution in [0.2, 0.25) is 0 Å². The minimum absolute atomic E-state index is 0.00731. The van der Waals surface area contributed by atoms with Gasteiger partial charge in [-0.1, -0.05) is 54.6 Å². The molecule has 0 bridgehead atoms. The quantitative estimate of drug-likeness (QED) is 0.240. The molecular weight excluding hydrogens is 576 g/mol. The Morgan fingerprint density at radius 2 is 1.54 bits per heavy atom. The number of para-hydroxylation sites is 1. The minimum Gasteiger partial charge on any atom is -0.378 e. The molecule has 1 aromatic heterocycles. The van der Waals surface area contributed by atoms with Crippen molar-refractivity contribution < 1.29 is 19.1 Å². The molecule has 46 heavy (non-hydrogen) atoms. The van der Waals surface area contributed by atoms with E-state index in [0.717, 1.165) is 53.6 Å².